The molecule has 0 aliphatic rings. The van der Waals surface area contributed by atoms with Crippen molar-refractivity contribution in [1.29, 1.82) is 0 Å². The molecule has 0 saturated carbocycles. The lowest BCUT2D eigenvalue weighted by Gasteiger charge is -1.97. The molecule has 14 heavy (non-hydrogen) atoms. The second-order valence-corrected chi connectivity index (χ2v) is 2.66. The van der Waals surface area contributed by atoms with Crippen LogP contribution in [0.1, 0.15) is 10.4 Å². The van der Waals surface area contributed by atoms with Crippen LogP contribution in [0, 0.1) is 0 Å². The molecule has 0 atom stereocenters. The minimum atomic E-state index is -1.46. The molecule has 0 spiro atoms. The topological polar surface area (TPSA) is 69.6 Å². The van der Waals surface area contributed by atoms with Crippen LogP contribution in [0.5, 0.6) is 0 Å². The first-order chi connectivity index (χ1) is 6.65. The van der Waals surface area contributed by atoms with Crippen molar-refractivity contribution < 1.29 is 14.8 Å². The molecule has 0 saturated heterocycles. The van der Waals surface area contributed by atoms with Crippen LogP contribution in [0.2, 0.25) is 0 Å². The van der Waals surface area contributed by atoms with E-state index in [1.54, 1.807) is 0 Å². The van der Waals surface area contributed by atoms with Gasteiger partial charge >= 0.3 is 7.12 Å². The van der Waals surface area contributed by atoms with Crippen molar-refractivity contribution in [3.8, 4) is 0 Å². The summed E-state index contributed by atoms with van der Waals surface area (Å²) < 4.78 is 0. The van der Waals surface area contributed by atoms with Crippen molar-refractivity contribution in [1.82, 2.24) is 5.32 Å². The van der Waals surface area contributed by atoms with E-state index >= 15 is 0 Å². The smallest absolute Gasteiger partial charge is 0.423 e. The van der Waals surface area contributed by atoms with Gasteiger partial charge in [0.15, 0.2) is 0 Å². The van der Waals surface area contributed by atoms with Gasteiger partial charge in [0.1, 0.15) is 6.29 Å². The molecule has 76 valence electrons. The highest BCUT2D eigenvalue weighted by atomic mass is 16.4. The van der Waals surface area contributed by atoms with Crippen molar-refractivity contribution in [2.45, 2.75) is 0 Å². The molecule has 1 aromatic rings. The summed E-state index contributed by atoms with van der Waals surface area (Å²) in [4.78, 5) is 10.2. The van der Waals surface area contributed by atoms with Crippen LogP contribution in [0.15, 0.2) is 24.3 Å². The van der Waals surface area contributed by atoms with Crippen LogP contribution in [-0.4, -0.2) is 37.5 Å². The van der Waals surface area contributed by atoms with Gasteiger partial charge in [-0.05, 0) is 19.6 Å². The van der Waals surface area contributed by atoms with Crippen LogP contribution < -0.4 is 10.8 Å². The van der Waals surface area contributed by atoms with E-state index < -0.39 is 7.12 Å². The first kappa shape index (κ1) is 12.8. The zero-order chi connectivity index (χ0) is 11.0. The number of rotatable bonds is 2. The van der Waals surface area contributed by atoms with E-state index in [4.69, 9.17) is 10.0 Å². The average molecular weight is 195 g/mol. The minimum Gasteiger partial charge on any atom is -0.423 e. The highest BCUT2D eigenvalue weighted by molar-refractivity contribution is 6.58. The Hall–Kier alpha value is -1.17. The van der Waals surface area contributed by atoms with Crippen LogP contribution >= 0.6 is 0 Å². The van der Waals surface area contributed by atoms with Crippen molar-refractivity contribution in [2.24, 2.45) is 0 Å². The maximum absolute atomic E-state index is 10.2. The van der Waals surface area contributed by atoms with Gasteiger partial charge in [-0.1, -0.05) is 24.3 Å². The fourth-order valence-electron chi connectivity index (χ4n) is 0.747. The maximum atomic E-state index is 10.2. The lowest BCUT2D eigenvalue weighted by molar-refractivity contribution is 0.112. The van der Waals surface area contributed by atoms with Crippen molar-refractivity contribution in [3.63, 3.8) is 0 Å². The number of carbonyl (C=O) groups excluding carboxylic acids is 1. The van der Waals surface area contributed by atoms with Gasteiger partial charge in [0.25, 0.3) is 0 Å². The van der Waals surface area contributed by atoms with E-state index in [1.807, 2.05) is 14.1 Å². The molecule has 4 nitrogen and oxygen atoms in total. The maximum Gasteiger partial charge on any atom is 0.488 e. The largest absolute Gasteiger partial charge is 0.488 e. The molecule has 0 aromatic heterocycles. The van der Waals surface area contributed by atoms with Crippen LogP contribution in [0.3, 0.4) is 0 Å². The van der Waals surface area contributed by atoms with Gasteiger partial charge < -0.3 is 15.4 Å². The molecule has 0 bridgehead atoms. The van der Waals surface area contributed by atoms with Gasteiger partial charge in [0.2, 0.25) is 0 Å². The molecule has 3 N–H and O–H groups in total. The number of hydrogen-bond acceptors (Lipinski definition) is 4. The van der Waals surface area contributed by atoms with E-state index in [0.717, 1.165) is 0 Å². The Bertz CT molecular complexity index is 261. The molecule has 0 unspecified atom stereocenters. The summed E-state index contributed by atoms with van der Waals surface area (Å²) >= 11 is 0. The predicted molar refractivity (Wildman–Crippen MR) is 56.6 cm³/mol. The third kappa shape index (κ3) is 4.76. The number of hydrogen-bond donors (Lipinski definition) is 3. The molecule has 0 aliphatic heterocycles. The van der Waals surface area contributed by atoms with Gasteiger partial charge in [-0.2, -0.15) is 0 Å². The first-order valence-corrected chi connectivity index (χ1v) is 4.15. The lowest BCUT2D eigenvalue weighted by atomic mass is 9.80. The summed E-state index contributed by atoms with van der Waals surface area (Å²) in [6, 6.07) is 6.05. The van der Waals surface area contributed by atoms with Gasteiger partial charge in [0.05, 0.1) is 0 Å². The van der Waals surface area contributed by atoms with E-state index in [9.17, 15) is 4.79 Å². The number of aldehydes is 1. The average Bonchev–Trinajstić information content (AvgIpc) is 2.19. The molecule has 0 fully saturated rings. The molecule has 0 amide bonds. The Morgan fingerprint density at radius 2 is 1.64 bits per heavy atom. The quantitative estimate of drug-likeness (QED) is 0.418. The summed E-state index contributed by atoms with van der Waals surface area (Å²) in [5, 5.41) is 20.1. The number of carbonyl (C=O) groups is 1. The number of benzene rings is 1. The van der Waals surface area contributed by atoms with Gasteiger partial charge in [-0.25, -0.2) is 0 Å². The van der Waals surface area contributed by atoms with Gasteiger partial charge in [0, 0.05) is 5.56 Å². The van der Waals surface area contributed by atoms with Crippen molar-refractivity contribution in [3.05, 3.63) is 29.8 Å². The normalized spacial score (nSPS) is 8.57. The van der Waals surface area contributed by atoms with E-state index in [2.05, 4.69) is 5.32 Å². The Labute approximate surface area is 83.7 Å². The molecule has 0 aliphatic carbocycles. The molecule has 1 rings (SSSR count). The Kier molecular flexibility index (Phi) is 6.65. The van der Waals surface area contributed by atoms with Crippen molar-refractivity contribution in [2.75, 3.05) is 14.1 Å². The molecular weight excluding hydrogens is 181 g/mol. The standard InChI is InChI=1S/C7H7BO3.C2H7N/c9-5-6-1-3-7(4-2-6)8(10)11;1-3-2/h1-5,10-11H;3H,1-2H3. The monoisotopic (exact) mass is 195 g/mol. The van der Waals surface area contributed by atoms with E-state index in [0.29, 0.717) is 17.3 Å². The summed E-state index contributed by atoms with van der Waals surface area (Å²) in [6.45, 7) is 0. The molecule has 1 aromatic carbocycles. The van der Waals surface area contributed by atoms with E-state index in [-0.39, 0.29) is 0 Å². The van der Waals surface area contributed by atoms with Crippen LogP contribution in [0.25, 0.3) is 0 Å². The van der Waals surface area contributed by atoms with E-state index in [1.165, 1.54) is 24.3 Å². The zero-order valence-electron chi connectivity index (χ0n) is 8.27. The fourth-order valence-corrected chi connectivity index (χ4v) is 0.747. The second kappa shape index (κ2) is 7.26. The Morgan fingerprint density at radius 1 is 1.21 bits per heavy atom. The third-order valence-electron chi connectivity index (χ3n) is 1.37. The second-order valence-electron chi connectivity index (χ2n) is 2.66. The van der Waals surface area contributed by atoms with Crippen LogP contribution in [0.4, 0.5) is 0 Å². The minimum absolute atomic E-state index is 0.385. The third-order valence-corrected chi connectivity index (χ3v) is 1.37. The van der Waals surface area contributed by atoms with Crippen molar-refractivity contribution >= 4 is 18.9 Å². The Morgan fingerprint density at radius 3 is 1.93 bits per heavy atom. The zero-order valence-corrected chi connectivity index (χ0v) is 8.27. The summed E-state index contributed by atoms with van der Waals surface area (Å²) in [5.74, 6) is 0. The Balaban J connectivity index is 0.000000500. The summed E-state index contributed by atoms with van der Waals surface area (Å²) in [7, 11) is 2.29. The SMILES string of the molecule is CNC.O=Cc1ccc(B(O)O)cc1. The number of nitrogens with one attached hydrogen (secondary N) is 1. The molecular formula is C9H14BNO3. The lowest BCUT2D eigenvalue weighted by Crippen LogP contribution is -2.29. The molecule has 5 heteroatoms. The highest BCUT2D eigenvalue weighted by Crippen LogP contribution is 1.91. The first-order valence-electron chi connectivity index (χ1n) is 4.15. The predicted octanol–water partition coefficient (Wildman–Crippen LogP) is -0.985. The van der Waals surface area contributed by atoms with Gasteiger partial charge in [-0.3, -0.25) is 4.79 Å². The fraction of sp³-hybridized carbons (Fsp3) is 0.222. The summed E-state index contributed by atoms with van der Waals surface area (Å²) in [6.07, 6.45) is 0.702. The molecule has 0 heterocycles. The van der Waals surface area contributed by atoms with Crippen LogP contribution in [-0.2, 0) is 0 Å². The highest BCUT2D eigenvalue weighted by Gasteiger charge is 2.08. The molecule has 0 radical (unpaired) electrons. The summed E-state index contributed by atoms with van der Waals surface area (Å²) in [5.41, 5.74) is 0.907. The van der Waals surface area contributed by atoms with Gasteiger partial charge in [-0.15, -0.1) is 0 Å².